The molecule has 3 nitrogen and oxygen atoms in total. The van der Waals surface area contributed by atoms with Crippen molar-refractivity contribution >= 4 is 62.9 Å². The van der Waals surface area contributed by atoms with Gasteiger partial charge in [0, 0.05) is 57.5 Å². The summed E-state index contributed by atoms with van der Waals surface area (Å²) in [6.45, 7) is 0. The van der Waals surface area contributed by atoms with E-state index in [0.717, 1.165) is 24.3 Å². The minimum atomic E-state index is -4.46. The van der Waals surface area contributed by atoms with Crippen molar-refractivity contribution in [3.63, 3.8) is 0 Å². The van der Waals surface area contributed by atoms with Crippen LogP contribution in [0.15, 0.2) is 30.3 Å². The Hall–Kier alpha value is -0.654. The average Bonchev–Trinajstić information content (AvgIpc) is 2.24. The SMILES string of the molecule is N#C/C(=C\C(=O)O)c1ccc(C(F)(F)F)cc1.[K]. The van der Waals surface area contributed by atoms with E-state index in [0.29, 0.717) is 6.08 Å². The molecular formula is C11H6F3KNO2. The van der Waals surface area contributed by atoms with Gasteiger partial charge in [-0.25, -0.2) is 4.79 Å². The number of hydrogen-bond donors (Lipinski definition) is 1. The van der Waals surface area contributed by atoms with Gasteiger partial charge in [0.2, 0.25) is 0 Å². The number of alkyl halides is 3. The maximum absolute atomic E-state index is 12.2. The van der Waals surface area contributed by atoms with Gasteiger partial charge in [-0.3, -0.25) is 0 Å². The number of carboxylic acids is 1. The van der Waals surface area contributed by atoms with Gasteiger partial charge in [0.05, 0.1) is 11.1 Å². The van der Waals surface area contributed by atoms with Crippen LogP contribution in [0.25, 0.3) is 5.57 Å². The molecule has 0 saturated heterocycles. The molecule has 1 rings (SSSR count). The summed E-state index contributed by atoms with van der Waals surface area (Å²) in [6, 6.07) is 5.31. The summed E-state index contributed by atoms with van der Waals surface area (Å²) in [6.07, 6.45) is -3.82. The molecule has 0 aliphatic carbocycles. The number of allylic oxidation sites excluding steroid dienone is 1. The number of benzene rings is 1. The topological polar surface area (TPSA) is 61.1 Å². The number of hydrogen-bond acceptors (Lipinski definition) is 2. The summed E-state index contributed by atoms with van der Waals surface area (Å²) in [7, 11) is 0. The minimum absolute atomic E-state index is 0. The van der Waals surface area contributed by atoms with E-state index in [4.69, 9.17) is 10.4 Å². The molecule has 7 heteroatoms. The fourth-order valence-corrected chi connectivity index (χ4v) is 1.14. The summed E-state index contributed by atoms with van der Waals surface area (Å²) < 4.78 is 36.7. The molecule has 1 radical (unpaired) electrons. The Morgan fingerprint density at radius 2 is 1.78 bits per heavy atom. The van der Waals surface area contributed by atoms with Gasteiger partial charge in [-0.1, -0.05) is 12.1 Å². The molecular weight excluding hydrogens is 274 g/mol. The number of aliphatic carboxylic acids is 1. The first-order valence-corrected chi connectivity index (χ1v) is 4.37. The summed E-state index contributed by atoms with van der Waals surface area (Å²) in [5.41, 5.74) is -0.928. The Balaban J connectivity index is 0.00000289. The van der Waals surface area contributed by atoms with Crippen LogP contribution in [0.3, 0.4) is 0 Å². The molecule has 0 aliphatic rings. The van der Waals surface area contributed by atoms with Crippen LogP contribution in [0.5, 0.6) is 0 Å². The summed E-state index contributed by atoms with van der Waals surface area (Å²) in [5.74, 6) is -1.33. The van der Waals surface area contributed by atoms with Gasteiger partial charge in [-0.15, -0.1) is 0 Å². The Labute approximate surface area is 143 Å². The number of carbonyl (C=O) groups is 1. The zero-order chi connectivity index (χ0) is 13.1. The molecule has 89 valence electrons. The Morgan fingerprint density at radius 1 is 1.28 bits per heavy atom. The fourth-order valence-electron chi connectivity index (χ4n) is 1.14. The first-order chi connectivity index (χ1) is 7.84. The van der Waals surface area contributed by atoms with Gasteiger partial charge in [0.15, 0.2) is 0 Å². The maximum Gasteiger partial charge on any atom is 0.416 e. The molecule has 0 aromatic heterocycles. The largest absolute Gasteiger partial charge is 0.478 e. The van der Waals surface area contributed by atoms with E-state index in [9.17, 15) is 18.0 Å². The van der Waals surface area contributed by atoms with Crippen LogP contribution in [0, 0.1) is 11.3 Å². The van der Waals surface area contributed by atoms with Crippen molar-refractivity contribution in [2.45, 2.75) is 6.18 Å². The van der Waals surface area contributed by atoms with Crippen molar-refractivity contribution in [2.75, 3.05) is 0 Å². The van der Waals surface area contributed by atoms with Crippen LogP contribution in [0.1, 0.15) is 11.1 Å². The molecule has 0 atom stereocenters. The minimum Gasteiger partial charge on any atom is -0.478 e. The van der Waals surface area contributed by atoms with Crippen LogP contribution in [0.4, 0.5) is 13.2 Å². The first kappa shape index (κ1) is 17.3. The normalized spacial score (nSPS) is 11.3. The molecule has 0 fully saturated rings. The summed E-state index contributed by atoms with van der Waals surface area (Å²) >= 11 is 0. The van der Waals surface area contributed by atoms with Crippen molar-refractivity contribution in [3.8, 4) is 6.07 Å². The van der Waals surface area contributed by atoms with Crippen LogP contribution >= 0.6 is 0 Å². The number of nitriles is 1. The predicted molar refractivity (Wildman–Crippen MR) is 58.4 cm³/mol. The monoisotopic (exact) mass is 280 g/mol. The molecule has 0 spiro atoms. The Kier molecular flexibility index (Phi) is 6.81. The Bertz CT molecular complexity index is 501. The molecule has 0 amide bonds. The van der Waals surface area contributed by atoms with E-state index in [-0.39, 0.29) is 62.5 Å². The molecule has 1 N–H and O–H groups in total. The van der Waals surface area contributed by atoms with Crippen molar-refractivity contribution in [1.29, 1.82) is 5.26 Å². The third-order valence-corrected chi connectivity index (χ3v) is 1.91. The second-order valence-electron chi connectivity index (χ2n) is 3.08. The van der Waals surface area contributed by atoms with Crippen LogP contribution in [0.2, 0.25) is 0 Å². The molecule has 1 aromatic rings. The predicted octanol–water partition coefficient (Wildman–Crippen LogP) is 2.32. The van der Waals surface area contributed by atoms with Gasteiger partial charge in [-0.05, 0) is 17.7 Å². The smallest absolute Gasteiger partial charge is 0.416 e. The quantitative estimate of drug-likeness (QED) is 0.514. The molecule has 0 heterocycles. The third-order valence-electron chi connectivity index (χ3n) is 1.91. The van der Waals surface area contributed by atoms with Gasteiger partial charge in [0.1, 0.15) is 6.07 Å². The third kappa shape index (κ3) is 4.92. The van der Waals surface area contributed by atoms with Gasteiger partial charge < -0.3 is 5.11 Å². The zero-order valence-electron chi connectivity index (χ0n) is 9.32. The number of halogens is 3. The zero-order valence-corrected chi connectivity index (χ0v) is 12.4. The van der Waals surface area contributed by atoms with E-state index in [1.807, 2.05) is 0 Å². The molecule has 0 aliphatic heterocycles. The number of nitrogens with zero attached hydrogens (tertiary/aromatic N) is 1. The van der Waals surface area contributed by atoms with Gasteiger partial charge >= 0.3 is 12.1 Å². The second-order valence-corrected chi connectivity index (χ2v) is 3.08. The summed E-state index contributed by atoms with van der Waals surface area (Å²) in [5, 5.41) is 17.1. The van der Waals surface area contributed by atoms with Crippen LogP contribution in [-0.2, 0) is 11.0 Å². The molecule has 0 bridgehead atoms. The molecule has 1 aromatic carbocycles. The van der Waals surface area contributed by atoms with E-state index < -0.39 is 17.7 Å². The van der Waals surface area contributed by atoms with Crippen molar-refractivity contribution in [2.24, 2.45) is 0 Å². The van der Waals surface area contributed by atoms with Gasteiger partial charge in [0.25, 0.3) is 0 Å². The summed E-state index contributed by atoms with van der Waals surface area (Å²) in [4.78, 5) is 10.4. The standard InChI is InChI=1S/C11H6F3NO2.K/c12-11(13,14)9-3-1-7(2-4-9)8(6-15)5-10(16)17;/h1-5H,(H,16,17);/b8-5+;. The Morgan fingerprint density at radius 3 is 2.11 bits per heavy atom. The molecule has 18 heavy (non-hydrogen) atoms. The van der Waals surface area contributed by atoms with Crippen molar-refractivity contribution < 1.29 is 23.1 Å². The number of rotatable bonds is 2. The second kappa shape index (κ2) is 7.06. The van der Waals surface area contributed by atoms with E-state index in [1.165, 1.54) is 0 Å². The molecule has 0 unspecified atom stereocenters. The first-order valence-electron chi connectivity index (χ1n) is 4.37. The maximum atomic E-state index is 12.2. The van der Waals surface area contributed by atoms with Crippen LogP contribution in [-0.4, -0.2) is 62.5 Å². The number of carboxylic acid groups (broad SMARTS) is 1. The fraction of sp³-hybridized carbons (Fsp3) is 0.0909. The van der Waals surface area contributed by atoms with Crippen molar-refractivity contribution in [3.05, 3.63) is 41.5 Å². The van der Waals surface area contributed by atoms with E-state index in [1.54, 1.807) is 6.07 Å². The average molecular weight is 280 g/mol. The van der Waals surface area contributed by atoms with Gasteiger partial charge in [-0.2, -0.15) is 18.4 Å². The van der Waals surface area contributed by atoms with E-state index >= 15 is 0 Å². The van der Waals surface area contributed by atoms with Crippen LogP contribution < -0.4 is 0 Å². The van der Waals surface area contributed by atoms with Crippen molar-refractivity contribution in [1.82, 2.24) is 0 Å². The van der Waals surface area contributed by atoms with E-state index in [2.05, 4.69) is 0 Å². The molecule has 0 saturated carbocycles.